The number of amides is 2. The Morgan fingerprint density at radius 3 is 1.45 bits per heavy atom. The molecule has 2 saturated carbocycles. The van der Waals surface area contributed by atoms with Gasteiger partial charge in [0, 0.05) is 12.1 Å². The smallest absolute Gasteiger partial charge is 0.407 e. The van der Waals surface area contributed by atoms with E-state index in [4.69, 9.17) is 14.6 Å². The van der Waals surface area contributed by atoms with Crippen molar-refractivity contribution in [1.82, 2.24) is 10.6 Å². The van der Waals surface area contributed by atoms with Crippen molar-refractivity contribution in [1.29, 1.82) is 0 Å². The summed E-state index contributed by atoms with van der Waals surface area (Å²) >= 11 is 0. The minimum atomic E-state index is -0.784. The summed E-state index contributed by atoms with van der Waals surface area (Å²) in [5.41, 5.74) is -1.01. The maximum Gasteiger partial charge on any atom is 0.407 e. The lowest BCUT2D eigenvalue weighted by Gasteiger charge is -2.21. The molecule has 0 aromatic rings. The monoisotopic (exact) mass is 472 g/mol. The number of hydrogen-bond donors (Lipinski definition) is 3. The zero-order valence-electron chi connectivity index (χ0n) is 20.9. The second kappa shape index (κ2) is 12.1. The van der Waals surface area contributed by atoms with Gasteiger partial charge in [0.25, 0.3) is 0 Å². The van der Waals surface area contributed by atoms with Gasteiger partial charge in [-0.3, -0.25) is 9.59 Å². The van der Waals surface area contributed by atoms with Gasteiger partial charge in [0.2, 0.25) is 0 Å². The van der Waals surface area contributed by atoms with Crippen molar-refractivity contribution in [3.63, 3.8) is 0 Å². The lowest BCUT2D eigenvalue weighted by atomic mass is 10.1. The maximum atomic E-state index is 11.5. The highest BCUT2D eigenvalue weighted by Gasteiger charge is 2.33. The topological polar surface area (TPSA) is 140 Å². The molecule has 2 rings (SSSR count). The van der Waals surface area contributed by atoms with E-state index in [0.717, 1.165) is 12.8 Å². The molecule has 10 heteroatoms. The Morgan fingerprint density at radius 2 is 1.12 bits per heavy atom. The predicted molar refractivity (Wildman–Crippen MR) is 121 cm³/mol. The highest BCUT2D eigenvalue weighted by Crippen LogP contribution is 2.27. The number of alkyl carbamates (subject to hydrolysis) is 2. The first-order chi connectivity index (χ1) is 15.1. The van der Waals surface area contributed by atoms with E-state index in [0.29, 0.717) is 25.7 Å². The van der Waals surface area contributed by atoms with Gasteiger partial charge in [-0.05, 0) is 80.1 Å². The van der Waals surface area contributed by atoms with E-state index in [1.807, 2.05) is 20.8 Å². The van der Waals surface area contributed by atoms with Crippen LogP contribution in [0.15, 0.2) is 0 Å². The summed E-state index contributed by atoms with van der Waals surface area (Å²) in [6, 6.07) is -0.0649. The Balaban J connectivity index is 0.000000331. The van der Waals surface area contributed by atoms with Crippen LogP contribution in [0.5, 0.6) is 0 Å². The maximum absolute atomic E-state index is 11.5. The van der Waals surface area contributed by atoms with Gasteiger partial charge in [0.15, 0.2) is 0 Å². The molecule has 2 amide bonds. The first-order valence-corrected chi connectivity index (χ1v) is 11.4. The third-order valence-electron chi connectivity index (χ3n) is 5.19. The summed E-state index contributed by atoms with van der Waals surface area (Å²) in [6.07, 6.45) is 3.11. The van der Waals surface area contributed by atoms with E-state index < -0.39 is 29.4 Å². The molecule has 190 valence electrons. The molecule has 2 aliphatic rings. The summed E-state index contributed by atoms with van der Waals surface area (Å²) in [4.78, 5) is 44.9. The van der Waals surface area contributed by atoms with Crippen molar-refractivity contribution < 1.29 is 38.5 Å². The molecule has 0 bridgehead atoms. The number of carbonyl (C=O) groups excluding carboxylic acids is 3. The second-order valence-electron chi connectivity index (χ2n) is 10.6. The highest BCUT2D eigenvalue weighted by atomic mass is 16.6. The van der Waals surface area contributed by atoms with Gasteiger partial charge in [-0.1, -0.05) is 0 Å². The average molecular weight is 473 g/mol. The van der Waals surface area contributed by atoms with Gasteiger partial charge in [0.1, 0.15) is 11.2 Å². The van der Waals surface area contributed by atoms with Crippen LogP contribution in [0.2, 0.25) is 0 Å². The molecule has 0 aromatic carbocycles. The summed E-state index contributed by atoms with van der Waals surface area (Å²) in [5.74, 6) is -1.41. The number of aliphatic carboxylic acids is 1. The molecule has 33 heavy (non-hydrogen) atoms. The van der Waals surface area contributed by atoms with Crippen LogP contribution in [-0.2, 0) is 23.8 Å². The first kappa shape index (κ1) is 28.5. The van der Waals surface area contributed by atoms with Gasteiger partial charge >= 0.3 is 24.1 Å². The average Bonchev–Trinajstić information content (AvgIpc) is 3.28. The van der Waals surface area contributed by atoms with Crippen LogP contribution in [0.3, 0.4) is 0 Å². The van der Waals surface area contributed by atoms with Gasteiger partial charge < -0.3 is 30.0 Å². The van der Waals surface area contributed by atoms with Crippen LogP contribution in [0.25, 0.3) is 0 Å². The van der Waals surface area contributed by atoms with Crippen LogP contribution in [0.4, 0.5) is 9.59 Å². The lowest BCUT2D eigenvalue weighted by molar-refractivity contribution is -0.145. The van der Waals surface area contributed by atoms with Crippen LogP contribution in [-0.4, -0.2) is 59.6 Å². The molecular formula is C23H40N2O8. The lowest BCUT2D eigenvalue weighted by Crippen LogP contribution is -2.38. The number of carboxylic acids is 1. The van der Waals surface area contributed by atoms with E-state index in [-0.39, 0.29) is 29.9 Å². The number of ether oxygens (including phenoxy) is 3. The molecule has 0 radical (unpaired) electrons. The molecule has 0 saturated heterocycles. The third kappa shape index (κ3) is 11.8. The van der Waals surface area contributed by atoms with E-state index in [1.54, 1.807) is 20.8 Å². The number of nitrogens with one attached hydrogen (secondary N) is 2. The molecule has 0 aliphatic heterocycles. The fourth-order valence-electron chi connectivity index (χ4n) is 3.78. The van der Waals surface area contributed by atoms with Crippen molar-refractivity contribution >= 4 is 24.1 Å². The number of hydrogen-bond acceptors (Lipinski definition) is 7. The van der Waals surface area contributed by atoms with Crippen LogP contribution >= 0.6 is 0 Å². The molecular weight excluding hydrogens is 432 g/mol. The van der Waals surface area contributed by atoms with Crippen molar-refractivity contribution in [3.05, 3.63) is 0 Å². The summed E-state index contributed by atoms with van der Waals surface area (Å²) in [5, 5.41) is 14.3. The minimum Gasteiger partial charge on any atom is -0.481 e. The number of carboxylic acid groups (broad SMARTS) is 1. The first-order valence-electron chi connectivity index (χ1n) is 11.4. The Morgan fingerprint density at radius 1 is 0.727 bits per heavy atom. The number of carbonyl (C=O) groups is 4. The van der Waals surface area contributed by atoms with E-state index in [9.17, 15) is 19.2 Å². The second-order valence-corrected chi connectivity index (χ2v) is 10.6. The number of methoxy groups -OCH3 is 1. The zero-order valence-corrected chi connectivity index (χ0v) is 20.9. The largest absolute Gasteiger partial charge is 0.481 e. The van der Waals surface area contributed by atoms with Crippen LogP contribution < -0.4 is 10.6 Å². The summed E-state index contributed by atoms with van der Waals surface area (Å²) < 4.78 is 14.9. The number of esters is 1. The fourth-order valence-corrected chi connectivity index (χ4v) is 3.78. The Kier molecular flexibility index (Phi) is 10.4. The number of rotatable bonds is 4. The molecule has 2 fully saturated rings. The predicted octanol–water partition coefficient (Wildman–Crippen LogP) is 3.62. The Hall–Kier alpha value is -2.52. The van der Waals surface area contributed by atoms with Crippen molar-refractivity contribution in [2.45, 2.75) is 103 Å². The van der Waals surface area contributed by atoms with Crippen molar-refractivity contribution in [2.75, 3.05) is 7.11 Å². The molecule has 0 spiro atoms. The van der Waals surface area contributed by atoms with Crippen molar-refractivity contribution in [2.24, 2.45) is 11.8 Å². The zero-order chi connectivity index (χ0) is 25.4. The molecule has 0 heterocycles. The molecule has 4 atom stereocenters. The summed E-state index contributed by atoms with van der Waals surface area (Å²) in [6.45, 7) is 10.8. The molecule has 2 aliphatic carbocycles. The van der Waals surface area contributed by atoms with Crippen LogP contribution in [0, 0.1) is 11.8 Å². The standard InChI is InChI=1S/C12H21NO4.C11H19NO4/c1-12(2,3)17-11(15)13-9-6-5-8(7-9)10(14)16-4;1-11(2,3)16-10(15)12-8-5-4-7(6-8)9(13)14/h8-9H,5-7H2,1-4H3,(H,13,15);7-8H,4-6H2,1-3H3,(H,12,15)(H,13,14)/t8-,9?;7-,8?/m11/s1. The van der Waals surface area contributed by atoms with E-state index in [1.165, 1.54) is 7.11 Å². The Labute approximate surface area is 196 Å². The highest BCUT2D eigenvalue weighted by molar-refractivity contribution is 5.73. The Bertz CT molecular complexity index is 696. The van der Waals surface area contributed by atoms with Crippen LogP contribution in [0.1, 0.15) is 80.1 Å². The minimum absolute atomic E-state index is 0.00829. The van der Waals surface area contributed by atoms with Crippen molar-refractivity contribution in [3.8, 4) is 0 Å². The molecule has 3 N–H and O–H groups in total. The SMILES string of the molecule is CC(C)(C)OC(=O)NC1CC[C@@H](C(=O)O)C1.COC(=O)[C@@H]1CCC(NC(=O)OC(C)(C)C)C1. The quantitative estimate of drug-likeness (QED) is 0.416. The van der Waals surface area contributed by atoms with Gasteiger partial charge in [-0.15, -0.1) is 0 Å². The van der Waals surface area contributed by atoms with Gasteiger partial charge in [-0.25, -0.2) is 9.59 Å². The third-order valence-corrected chi connectivity index (χ3v) is 5.19. The summed E-state index contributed by atoms with van der Waals surface area (Å²) in [7, 11) is 1.39. The molecule has 10 nitrogen and oxygen atoms in total. The fraction of sp³-hybridized carbons (Fsp3) is 0.826. The van der Waals surface area contributed by atoms with E-state index in [2.05, 4.69) is 15.4 Å². The molecule has 0 aromatic heterocycles. The van der Waals surface area contributed by atoms with Gasteiger partial charge in [-0.2, -0.15) is 0 Å². The molecule has 2 unspecified atom stereocenters. The normalized spacial score (nSPS) is 24.7. The van der Waals surface area contributed by atoms with Gasteiger partial charge in [0.05, 0.1) is 18.9 Å². The van der Waals surface area contributed by atoms with E-state index >= 15 is 0 Å².